The van der Waals surface area contributed by atoms with Crippen molar-refractivity contribution >= 4 is 23.6 Å². The number of ether oxygens (including phenoxy) is 15. The Balaban J connectivity index is 1.13. The van der Waals surface area contributed by atoms with Gasteiger partial charge in [-0.15, -0.1) is 0 Å². The molecule has 0 aliphatic carbocycles. The third-order valence-electron chi connectivity index (χ3n) is 18.3. The maximum Gasteiger partial charge on any atom is 0.217 e. The number of amides is 4. The van der Waals surface area contributed by atoms with Crippen LogP contribution in [-0.2, 0) is 90.2 Å². The van der Waals surface area contributed by atoms with Crippen LogP contribution in [-0.4, -0.2) is 434 Å². The highest BCUT2D eigenvalue weighted by Crippen LogP contribution is 2.39. The van der Waals surface area contributed by atoms with Crippen LogP contribution in [0.25, 0.3) is 0 Å². The first kappa shape index (κ1) is 83.0. The average Bonchev–Trinajstić information content (AvgIpc) is 0.778. The normalized spacial score (nSPS) is 48.3. The Morgan fingerprint density at radius 2 is 0.545 bits per heavy atom. The van der Waals surface area contributed by atoms with E-state index in [2.05, 4.69) is 21.3 Å². The van der Waals surface area contributed by atoms with Crippen molar-refractivity contribution in [2.75, 3.05) is 52.9 Å². The first-order valence-electron chi connectivity index (χ1n) is 32.1. The number of hydrogen-bond donors (Lipinski definition) is 26. The highest BCUT2D eigenvalue weighted by atomic mass is 16.8. The first-order chi connectivity index (χ1) is 47.8. The average molecular weight is 1480 g/mol. The monoisotopic (exact) mass is 1480 g/mol. The summed E-state index contributed by atoms with van der Waals surface area (Å²) in [4.78, 5) is 50.2. The molecule has 0 spiro atoms. The minimum atomic E-state index is -2.50. The smallest absolute Gasteiger partial charge is 0.217 e. The van der Waals surface area contributed by atoms with Crippen molar-refractivity contribution in [1.29, 1.82) is 0 Å². The predicted octanol–water partition coefficient (Wildman–Crippen LogP) is -17.9. The van der Waals surface area contributed by atoms with E-state index in [0.717, 1.165) is 27.7 Å². The number of carbonyl (C=O) groups excluding carboxylic acids is 4. The molecule has 45 nitrogen and oxygen atoms in total. The summed E-state index contributed by atoms with van der Waals surface area (Å²) in [5, 5.41) is 252. The van der Waals surface area contributed by atoms with Gasteiger partial charge in [0.2, 0.25) is 23.6 Å². The van der Waals surface area contributed by atoms with Crippen LogP contribution in [0, 0.1) is 0 Å². The van der Waals surface area contributed by atoms with Crippen LogP contribution < -0.4 is 21.3 Å². The van der Waals surface area contributed by atoms with Gasteiger partial charge in [-0.25, -0.2) is 0 Å². The number of hydrogen-bond acceptors (Lipinski definition) is 41. The van der Waals surface area contributed by atoms with Crippen molar-refractivity contribution in [3.05, 3.63) is 0 Å². The molecule has 8 aliphatic heterocycles. The third kappa shape index (κ3) is 18.5. The molecular formula is C56H94N4O41. The maximum atomic E-state index is 12.9. The lowest BCUT2D eigenvalue weighted by molar-refractivity contribution is -0.396. The second-order valence-corrected chi connectivity index (χ2v) is 25.4. The second-order valence-electron chi connectivity index (χ2n) is 25.4. The minimum Gasteiger partial charge on any atom is -0.394 e. The lowest BCUT2D eigenvalue weighted by Crippen LogP contribution is -2.70. The van der Waals surface area contributed by atoms with Crippen LogP contribution >= 0.6 is 0 Å². The SMILES string of the molecule is CC(=O)N[C@@H]1[C@@H](O)[C@H](O[C@@H]2O[C@H](CO)[C@@H](O[C@@H]3O[C@H](CO[C@@H]4O[C@H](CO)[C@@H](O)[C@H](O)[C@@H]4O[C@@H]4O[C@H](CO)[C@@H](O[C@@H]5O[C@H](CO)[C@H](O)[C@H](O)[C@H]5O)[C@H](O)[C@H]4NC(C)=O)[C@@H](O)[C@H](O[C@H]4O[C@H](CO)[C@@H](O)[C@H](O)[C@@H]4O[C@@H]4O[C@H](CO)[C@@H](O)[C@H](O)[C@H]4NC(C)=O)[C@@H]3O)[C@H](O)[C@H]2NC(C)=O)[C@@H](CO)O[C@H]1O. The Morgan fingerprint density at radius 3 is 0.970 bits per heavy atom. The predicted molar refractivity (Wildman–Crippen MR) is 311 cm³/mol. The van der Waals surface area contributed by atoms with E-state index >= 15 is 0 Å². The molecule has 8 aliphatic rings. The fourth-order valence-electron chi connectivity index (χ4n) is 13.0. The van der Waals surface area contributed by atoms with Gasteiger partial charge in [0.1, 0.15) is 195 Å². The summed E-state index contributed by atoms with van der Waals surface area (Å²) in [7, 11) is 0. The van der Waals surface area contributed by atoms with Crippen molar-refractivity contribution in [2.45, 2.75) is 273 Å². The summed E-state index contributed by atoms with van der Waals surface area (Å²) in [5.41, 5.74) is 0. The summed E-state index contributed by atoms with van der Waals surface area (Å²) in [5.74, 6) is -3.45. The van der Waals surface area contributed by atoms with Gasteiger partial charge in [0.15, 0.2) is 50.3 Å². The summed E-state index contributed by atoms with van der Waals surface area (Å²) in [6.07, 6.45) is -73.3. The molecule has 101 heavy (non-hydrogen) atoms. The molecule has 0 aromatic heterocycles. The van der Waals surface area contributed by atoms with Crippen LogP contribution in [0.15, 0.2) is 0 Å². The second kappa shape index (κ2) is 36.3. The number of aliphatic hydroxyl groups excluding tert-OH is 22. The van der Waals surface area contributed by atoms with Gasteiger partial charge in [-0.3, -0.25) is 19.2 Å². The topological polar surface area (TPSA) is 700 Å². The molecule has 45 heteroatoms. The van der Waals surface area contributed by atoms with Crippen LogP contribution in [0.5, 0.6) is 0 Å². The standard InChI is InChI=1S/C56H94N4O41/c1-13(68)57-25-35(78)43(21(9-65)88-49(25)86)96-51-27(59-15(3)70)36(79)45(23(11-67)93-51)98-54-42(85)46(99-56-48(40(83)32(75)20(8-64)92-56)101-50-26(58-14(2)69)34(77)29(72)17(5-61)89-50)33(76)24(95-54)12-87-55-47(39(82)31(74)19(7-63)91-55)100-52-28(60-16(4)71)37(80)44(22(10-66)94-52)97-53-41(84)38(81)30(73)18(6-62)90-53/h17-56,61-67,72-86H,5-12H2,1-4H3,(H,57,68)(H,58,69)(H,59,70)(H,60,71)/t17-,18-,19-,20-,21-,22-,23-,24-,25-,26-,27-,28-,29-,30+,31-,32-,33-,34-,35-,36-,37-,38+,39+,40+,41-,42+,43-,44-,45-,46+,47+,48+,49-,50+,51+,52+,53+,54+,55-,56-/m1/s1. The quantitative estimate of drug-likeness (QED) is 0.0382. The number of rotatable bonds is 26. The Bertz CT molecular complexity index is 2640. The molecular weight excluding hydrogens is 1380 g/mol. The molecule has 0 aromatic rings. The number of aliphatic hydroxyl groups is 22. The van der Waals surface area contributed by atoms with E-state index in [4.69, 9.17) is 71.1 Å². The third-order valence-corrected chi connectivity index (χ3v) is 18.3. The Kier molecular flexibility index (Phi) is 29.9. The molecule has 8 rings (SSSR count). The molecule has 0 saturated carbocycles. The zero-order valence-electron chi connectivity index (χ0n) is 54.3. The molecule has 8 fully saturated rings. The largest absolute Gasteiger partial charge is 0.394 e. The molecule has 0 radical (unpaired) electrons. The van der Waals surface area contributed by atoms with Crippen molar-refractivity contribution < 1.29 is 203 Å². The molecule has 4 amide bonds. The highest BCUT2D eigenvalue weighted by Gasteiger charge is 2.60. The van der Waals surface area contributed by atoms with Crippen molar-refractivity contribution in [1.82, 2.24) is 21.3 Å². The van der Waals surface area contributed by atoms with Gasteiger partial charge in [-0.2, -0.15) is 0 Å². The summed E-state index contributed by atoms with van der Waals surface area (Å²) in [6, 6.07) is -7.13. The molecule has 26 N–H and O–H groups in total. The molecule has 0 bridgehead atoms. The molecule has 0 unspecified atom stereocenters. The summed E-state index contributed by atoms with van der Waals surface area (Å²) < 4.78 is 88.6. The Hall–Kier alpha value is -3.60. The number of carbonyl (C=O) groups is 4. The van der Waals surface area contributed by atoms with E-state index in [9.17, 15) is 132 Å². The molecule has 8 heterocycles. The minimum absolute atomic E-state index is 0.769. The van der Waals surface area contributed by atoms with Gasteiger partial charge in [0.05, 0.1) is 52.9 Å². The Labute approximate surface area is 572 Å². The van der Waals surface area contributed by atoms with Gasteiger partial charge >= 0.3 is 0 Å². The van der Waals surface area contributed by atoms with Gasteiger partial charge in [0.25, 0.3) is 0 Å². The number of nitrogens with one attached hydrogen (secondary N) is 4. The first-order valence-corrected chi connectivity index (χ1v) is 32.1. The van der Waals surface area contributed by atoms with E-state index in [1.807, 2.05) is 0 Å². The zero-order chi connectivity index (χ0) is 74.5. The lowest BCUT2D eigenvalue weighted by atomic mass is 9.93. The van der Waals surface area contributed by atoms with Crippen LogP contribution in [0.3, 0.4) is 0 Å². The summed E-state index contributed by atoms with van der Waals surface area (Å²) in [6.45, 7) is -4.56. The van der Waals surface area contributed by atoms with E-state index in [-0.39, 0.29) is 0 Å². The van der Waals surface area contributed by atoms with Gasteiger partial charge in [-0.1, -0.05) is 0 Å². The fraction of sp³-hybridized carbons (Fsp3) is 0.929. The van der Waals surface area contributed by atoms with Gasteiger partial charge < -0.3 is 205 Å². The van der Waals surface area contributed by atoms with Gasteiger partial charge in [-0.05, 0) is 0 Å². The van der Waals surface area contributed by atoms with Crippen molar-refractivity contribution in [3.63, 3.8) is 0 Å². The molecule has 0 aromatic carbocycles. The fourth-order valence-corrected chi connectivity index (χ4v) is 13.0. The molecule has 40 atom stereocenters. The Morgan fingerprint density at radius 1 is 0.257 bits per heavy atom. The van der Waals surface area contributed by atoms with Gasteiger partial charge in [0, 0.05) is 27.7 Å². The molecule has 584 valence electrons. The van der Waals surface area contributed by atoms with E-state index in [1.54, 1.807) is 0 Å². The van der Waals surface area contributed by atoms with E-state index in [0.29, 0.717) is 0 Å². The lowest BCUT2D eigenvalue weighted by Gasteiger charge is -2.51. The van der Waals surface area contributed by atoms with Crippen molar-refractivity contribution in [3.8, 4) is 0 Å². The van der Waals surface area contributed by atoms with E-state index < -0.39 is 322 Å². The van der Waals surface area contributed by atoms with Crippen LogP contribution in [0.4, 0.5) is 0 Å². The van der Waals surface area contributed by atoms with Crippen LogP contribution in [0.1, 0.15) is 27.7 Å². The van der Waals surface area contributed by atoms with Crippen molar-refractivity contribution in [2.24, 2.45) is 0 Å². The maximum absolute atomic E-state index is 12.9. The highest BCUT2D eigenvalue weighted by molar-refractivity contribution is 5.74. The van der Waals surface area contributed by atoms with E-state index in [1.165, 1.54) is 0 Å². The molecule has 8 saturated heterocycles. The zero-order valence-corrected chi connectivity index (χ0v) is 54.3. The summed E-state index contributed by atoms with van der Waals surface area (Å²) >= 11 is 0. The van der Waals surface area contributed by atoms with Crippen LogP contribution in [0.2, 0.25) is 0 Å².